The molecule has 0 atom stereocenters. The first-order chi connectivity index (χ1) is 15.7. The number of thioether (sulfide) groups is 1. The van der Waals surface area contributed by atoms with Crippen LogP contribution < -0.4 is 14.8 Å². The van der Waals surface area contributed by atoms with Crippen LogP contribution in [-0.2, 0) is 17.8 Å². The van der Waals surface area contributed by atoms with Crippen LogP contribution in [0.5, 0.6) is 11.5 Å². The van der Waals surface area contributed by atoms with E-state index in [1.54, 1.807) is 13.3 Å². The molecule has 0 saturated carbocycles. The van der Waals surface area contributed by atoms with Gasteiger partial charge in [0.25, 0.3) is 0 Å². The number of nitrogens with zero attached hydrogens (tertiary/aromatic N) is 2. The Morgan fingerprint density at radius 3 is 2.59 bits per heavy atom. The summed E-state index contributed by atoms with van der Waals surface area (Å²) in [4.78, 5) is 11.2. The fourth-order valence-electron chi connectivity index (χ4n) is 3.28. The van der Waals surface area contributed by atoms with Crippen molar-refractivity contribution in [3.8, 4) is 11.5 Å². The van der Waals surface area contributed by atoms with Gasteiger partial charge in [-0.1, -0.05) is 60.3 Å². The quantitative estimate of drug-likeness (QED) is 0.412. The maximum absolute atomic E-state index is 11.2. The van der Waals surface area contributed by atoms with Gasteiger partial charge < -0.3 is 14.8 Å². The Hall–Kier alpha value is -3.58. The number of carbonyl (C=O) groups is 1. The standard InChI is InChI=1S/C25H23N3O3S/c1-30-22-12-11-19(15-26-28-25-27-24(29)17-32-25)14-21(22)16-31-23-10-6-5-9-20(23)13-18-7-3-2-4-8-18/h2-12,14-15H,13,16-17H2,1H3,(H,27,28,29). The number of carbonyl (C=O) groups excluding carboxylic acids is 1. The molecular formula is C25H23N3O3S. The minimum atomic E-state index is -0.0552. The summed E-state index contributed by atoms with van der Waals surface area (Å²) in [6, 6.07) is 24.1. The summed E-state index contributed by atoms with van der Waals surface area (Å²) in [7, 11) is 1.64. The van der Waals surface area contributed by atoms with E-state index in [0.717, 1.165) is 34.6 Å². The van der Waals surface area contributed by atoms with Gasteiger partial charge in [0.15, 0.2) is 5.17 Å². The first-order valence-corrected chi connectivity index (χ1v) is 11.1. The summed E-state index contributed by atoms with van der Waals surface area (Å²) < 4.78 is 11.7. The van der Waals surface area contributed by atoms with Gasteiger partial charge >= 0.3 is 0 Å². The lowest BCUT2D eigenvalue weighted by molar-refractivity contribution is -0.116. The van der Waals surface area contributed by atoms with Crippen molar-refractivity contribution in [1.29, 1.82) is 0 Å². The van der Waals surface area contributed by atoms with E-state index in [1.807, 2.05) is 54.6 Å². The number of ether oxygens (including phenoxy) is 2. The van der Waals surface area contributed by atoms with E-state index in [4.69, 9.17) is 9.47 Å². The van der Waals surface area contributed by atoms with Crippen LogP contribution >= 0.6 is 11.8 Å². The highest BCUT2D eigenvalue weighted by Gasteiger charge is 2.16. The molecule has 1 heterocycles. The molecule has 3 aromatic carbocycles. The number of para-hydroxylation sites is 1. The molecule has 0 aliphatic carbocycles. The SMILES string of the molecule is COc1ccc(C=NN=C2NC(=O)CS2)cc1COc1ccccc1Cc1ccccc1. The second-order valence-corrected chi connectivity index (χ2v) is 8.08. The average Bonchev–Trinajstić information content (AvgIpc) is 3.24. The van der Waals surface area contributed by atoms with Gasteiger partial charge in [0.05, 0.1) is 19.1 Å². The maximum Gasteiger partial charge on any atom is 0.236 e. The number of benzene rings is 3. The summed E-state index contributed by atoms with van der Waals surface area (Å²) in [6.07, 6.45) is 2.44. The second kappa shape index (κ2) is 10.6. The van der Waals surface area contributed by atoms with E-state index in [2.05, 4.69) is 33.7 Å². The number of hydrogen-bond acceptors (Lipinski definition) is 6. The van der Waals surface area contributed by atoms with Crippen molar-refractivity contribution in [3.05, 3.63) is 95.1 Å². The van der Waals surface area contributed by atoms with Crippen LogP contribution in [0.2, 0.25) is 0 Å². The van der Waals surface area contributed by atoms with Crippen LogP contribution in [0.3, 0.4) is 0 Å². The fourth-order valence-corrected chi connectivity index (χ4v) is 3.91. The van der Waals surface area contributed by atoms with Crippen molar-refractivity contribution in [2.24, 2.45) is 10.2 Å². The zero-order valence-corrected chi connectivity index (χ0v) is 18.5. The topological polar surface area (TPSA) is 72.3 Å². The molecule has 0 radical (unpaired) electrons. The van der Waals surface area contributed by atoms with Gasteiger partial charge in [-0.05, 0) is 41.0 Å². The van der Waals surface area contributed by atoms with Crippen LogP contribution in [0.4, 0.5) is 0 Å². The summed E-state index contributed by atoms with van der Waals surface area (Å²) >= 11 is 1.34. The molecule has 0 spiro atoms. The molecule has 1 fully saturated rings. The first kappa shape index (κ1) is 21.6. The minimum Gasteiger partial charge on any atom is -0.496 e. The van der Waals surface area contributed by atoms with Crippen molar-refractivity contribution in [3.63, 3.8) is 0 Å². The molecular weight excluding hydrogens is 422 g/mol. The molecule has 6 nitrogen and oxygen atoms in total. The lowest BCUT2D eigenvalue weighted by Crippen LogP contribution is -2.19. The smallest absolute Gasteiger partial charge is 0.236 e. The van der Waals surface area contributed by atoms with Gasteiger partial charge in [-0.2, -0.15) is 5.10 Å². The molecule has 0 aromatic heterocycles. The molecule has 1 N–H and O–H groups in total. The summed E-state index contributed by atoms with van der Waals surface area (Å²) in [5, 5.41) is 11.3. The van der Waals surface area contributed by atoms with E-state index in [-0.39, 0.29) is 5.91 Å². The van der Waals surface area contributed by atoms with Gasteiger partial charge in [-0.3, -0.25) is 4.79 Å². The number of nitrogens with one attached hydrogen (secondary N) is 1. The van der Waals surface area contributed by atoms with Gasteiger partial charge in [0, 0.05) is 12.0 Å². The van der Waals surface area contributed by atoms with Gasteiger partial charge in [-0.15, -0.1) is 5.10 Å². The van der Waals surface area contributed by atoms with Gasteiger partial charge in [0.1, 0.15) is 18.1 Å². The third kappa shape index (κ3) is 5.76. The molecule has 4 rings (SSSR count). The monoisotopic (exact) mass is 445 g/mol. The number of hydrogen-bond donors (Lipinski definition) is 1. The molecule has 1 aliphatic heterocycles. The Morgan fingerprint density at radius 2 is 1.81 bits per heavy atom. The number of amidine groups is 1. The number of amides is 1. The van der Waals surface area contributed by atoms with Crippen molar-refractivity contribution in [2.75, 3.05) is 12.9 Å². The maximum atomic E-state index is 11.2. The van der Waals surface area contributed by atoms with Gasteiger partial charge in [-0.25, -0.2) is 0 Å². The Morgan fingerprint density at radius 1 is 1.00 bits per heavy atom. The minimum absolute atomic E-state index is 0.0552. The summed E-state index contributed by atoms with van der Waals surface area (Å²) in [5.41, 5.74) is 4.13. The van der Waals surface area contributed by atoms with Gasteiger partial charge in [0.2, 0.25) is 5.91 Å². The Labute approximate surface area is 191 Å². The molecule has 7 heteroatoms. The first-order valence-electron chi connectivity index (χ1n) is 10.2. The number of rotatable bonds is 8. The third-order valence-electron chi connectivity index (χ3n) is 4.84. The third-order valence-corrected chi connectivity index (χ3v) is 5.70. The largest absolute Gasteiger partial charge is 0.496 e. The van der Waals surface area contributed by atoms with E-state index in [9.17, 15) is 4.79 Å². The predicted octanol–water partition coefficient (Wildman–Crippen LogP) is 4.42. The molecule has 1 amide bonds. The normalized spacial score (nSPS) is 14.7. The van der Waals surface area contributed by atoms with Crippen LogP contribution in [-0.4, -0.2) is 30.2 Å². The Balaban J connectivity index is 1.47. The van der Waals surface area contributed by atoms with Crippen LogP contribution in [0.15, 0.2) is 83.0 Å². The number of methoxy groups -OCH3 is 1. The predicted molar refractivity (Wildman–Crippen MR) is 129 cm³/mol. The zero-order valence-electron chi connectivity index (χ0n) is 17.7. The molecule has 0 bridgehead atoms. The van der Waals surface area contributed by atoms with Crippen molar-refractivity contribution in [2.45, 2.75) is 13.0 Å². The fraction of sp³-hybridized carbons (Fsp3) is 0.160. The Kier molecular flexibility index (Phi) is 7.19. The van der Waals surface area contributed by atoms with Crippen molar-refractivity contribution < 1.29 is 14.3 Å². The average molecular weight is 446 g/mol. The highest BCUT2D eigenvalue weighted by molar-refractivity contribution is 8.15. The highest BCUT2D eigenvalue weighted by atomic mass is 32.2. The van der Waals surface area contributed by atoms with Crippen LogP contribution in [0.25, 0.3) is 0 Å². The molecule has 1 aliphatic rings. The molecule has 3 aromatic rings. The molecule has 162 valence electrons. The van der Waals surface area contributed by atoms with E-state index in [1.165, 1.54) is 17.3 Å². The summed E-state index contributed by atoms with van der Waals surface area (Å²) in [6.45, 7) is 0.358. The van der Waals surface area contributed by atoms with Crippen LogP contribution in [0.1, 0.15) is 22.3 Å². The van der Waals surface area contributed by atoms with E-state index < -0.39 is 0 Å². The van der Waals surface area contributed by atoms with E-state index in [0.29, 0.717) is 17.5 Å². The lowest BCUT2D eigenvalue weighted by atomic mass is 10.0. The van der Waals surface area contributed by atoms with Crippen molar-refractivity contribution in [1.82, 2.24) is 5.32 Å². The van der Waals surface area contributed by atoms with Crippen LogP contribution in [0, 0.1) is 0 Å². The Bertz CT molecular complexity index is 1150. The van der Waals surface area contributed by atoms with E-state index >= 15 is 0 Å². The molecule has 32 heavy (non-hydrogen) atoms. The second-order valence-electron chi connectivity index (χ2n) is 7.12. The lowest BCUT2D eigenvalue weighted by Gasteiger charge is -2.14. The molecule has 1 saturated heterocycles. The highest BCUT2D eigenvalue weighted by Crippen LogP contribution is 2.25. The van der Waals surface area contributed by atoms with Crippen molar-refractivity contribution >= 4 is 29.1 Å². The summed E-state index contributed by atoms with van der Waals surface area (Å²) in [5.74, 6) is 1.91. The zero-order chi connectivity index (χ0) is 22.2. The molecule has 0 unspecified atom stereocenters.